The van der Waals surface area contributed by atoms with Crippen LogP contribution < -0.4 is 0 Å². The van der Waals surface area contributed by atoms with Gasteiger partial charge in [0.05, 0.1) is 15.7 Å². The van der Waals surface area contributed by atoms with E-state index in [2.05, 4.69) is 22.4 Å². The minimum Gasteiger partial charge on any atom is -0.219 e. The van der Waals surface area contributed by atoms with Gasteiger partial charge in [0.25, 0.3) is 0 Å². The van der Waals surface area contributed by atoms with Crippen LogP contribution in [0.4, 0.5) is 5.69 Å². The second-order valence-electron chi connectivity index (χ2n) is 2.77. The normalized spacial score (nSPS) is 16.0. The van der Waals surface area contributed by atoms with E-state index in [-0.39, 0.29) is 4.90 Å². The SMILES string of the molecule is O=S1(=O)C=Cc2ccc(N=C=S)cc21. The van der Waals surface area contributed by atoms with E-state index in [0.29, 0.717) is 11.3 Å². The number of rotatable bonds is 1. The molecule has 0 unspecified atom stereocenters. The summed E-state index contributed by atoms with van der Waals surface area (Å²) >= 11 is 4.44. The molecule has 1 aliphatic heterocycles. The van der Waals surface area contributed by atoms with E-state index in [1.165, 1.54) is 11.5 Å². The fraction of sp³-hybridized carbons (Fsp3) is 0. The monoisotopic (exact) mass is 223 g/mol. The van der Waals surface area contributed by atoms with Crippen LogP contribution in [-0.4, -0.2) is 13.6 Å². The number of thiocarbonyl (C=S) groups is 1. The molecule has 0 aliphatic carbocycles. The molecule has 1 aliphatic rings. The highest BCUT2D eigenvalue weighted by atomic mass is 32.2. The van der Waals surface area contributed by atoms with Crippen molar-refractivity contribution in [2.24, 2.45) is 4.99 Å². The van der Waals surface area contributed by atoms with Gasteiger partial charge in [-0.3, -0.25) is 0 Å². The van der Waals surface area contributed by atoms with Crippen molar-refractivity contribution in [1.29, 1.82) is 0 Å². The first kappa shape index (κ1) is 9.27. The van der Waals surface area contributed by atoms with Gasteiger partial charge in [0.1, 0.15) is 0 Å². The van der Waals surface area contributed by atoms with Crippen LogP contribution >= 0.6 is 12.2 Å². The molecule has 0 fully saturated rings. The standard InChI is InChI=1S/C9H5NO2S2/c11-14(12)4-3-7-1-2-8(10-6-13)5-9(7)14/h1-5H. The smallest absolute Gasteiger partial charge is 0.200 e. The number of hydrogen-bond donors (Lipinski definition) is 0. The van der Waals surface area contributed by atoms with Crippen molar-refractivity contribution in [3.05, 3.63) is 29.2 Å². The molecule has 0 N–H and O–H groups in total. The van der Waals surface area contributed by atoms with E-state index in [4.69, 9.17) is 0 Å². The van der Waals surface area contributed by atoms with Crippen molar-refractivity contribution in [2.45, 2.75) is 4.90 Å². The summed E-state index contributed by atoms with van der Waals surface area (Å²) in [6.07, 6.45) is 1.57. The Hall–Kier alpha value is -1.29. The Morgan fingerprint density at radius 1 is 1.36 bits per heavy atom. The van der Waals surface area contributed by atoms with Crippen LogP contribution in [0.2, 0.25) is 0 Å². The number of nitrogens with zero attached hydrogens (tertiary/aromatic N) is 1. The predicted molar refractivity (Wildman–Crippen MR) is 57.3 cm³/mol. The number of sulfone groups is 1. The molecule has 0 radical (unpaired) electrons. The number of aliphatic imine (C=N–C) groups is 1. The topological polar surface area (TPSA) is 46.5 Å². The van der Waals surface area contributed by atoms with Crippen molar-refractivity contribution in [3.63, 3.8) is 0 Å². The Morgan fingerprint density at radius 2 is 2.14 bits per heavy atom. The lowest BCUT2D eigenvalue weighted by Gasteiger charge is -1.98. The largest absolute Gasteiger partial charge is 0.219 e. The third-order valence-corrected chi connectivity index (χ3v) is 3.46. The van der Waals surface area contributed by atoms with Gasteiger partial charge in [-0.05, 0) is 36.0 Å². The first-order chi connectivity index (χ1) is 6.63. The summed E-state index contributed by atoms with van der Waals surface area (Å²) in [5.74, 6) is 0. The number of isothiocyanates is 1. The first-order valence-corrected chi connectivity index (χ1v) is 5.74. The molecular formula is C9H5NO2S2. The Bertz CT molecular complexity index is 566. The molecule has 0 aromatic heterocycles. The average molecular weight is 223 g/mol. The summed E-state index contributed by atoms with van der Waals surface area (Å²) in [4.78, 5) is 4.00. The summed E-state index contributed by atoms with van der Waals surface area (Å²) in [5, 5.41) is 3.38. The van der Waals surface area contributed by atoms with Crippen molar-refractivity contribution in [2.75, 3.05) is 0 Å². The molecular weight excluding hydrogens is 218 g/mol. The lowest BCUT2D eigenvalue weighted by Crippen LogP contribution is -1.92. The molecule has 0 amide bonds. The van der Waals surface area contributed by atoms with Crippen LogP contribution in [0.5, 0.6) is 0 Å². The van der Waals surface area contributed by atoms with Crippen LogP contribution in [0.15, 0.2) is 33.5 Å². The molecule has 3 nitrogen and oxygen atoms in total. The van der Waals surface area contributed by atoms with E-state index >= 15 is 0 Å². The van der Waals surface area contributed by atoms with Gasteiger partial charge in [-0.2, -0.15) is 4.99 Å². The fourth-order valence-electron chi connectivity index (χ4n) is 1.27. The van der Waals surface area contributed by atoms with Gasteiger partial charge in [-0.15, -0.1) is 0 Å². The van der Waals surface area contributed by atoms with E-state index in [1.54, 1.807) is 18.2 Å². The third-order valence-electron chi connectivity index (χ3n) is 1.91. The molecule has 0 saturated heterocycles. The van der Waals surface area contributed by atoms with Crippen molar-refractivity contribution >= 4 is 39.0 Å². The maximum atomic E-state index is 11.4. The summed E-state index contributed by atoms with van der Waals surface area (Å²) < 4.78 is 22.9. The Labute approximate surface area is 86.7 Å². The van der Waals surface area contributed by atoms with Crippen LogP contribution in [0.25, 0.3) is 6.08 Å². The van der Waals surface area contributed by atoms with E-state index in [0.717, 1.165) is 0 Å². The highest BCUT2D eigenvalue weighted by Gasteiger charge is 2.20. The number of fused-ring (bicyclic) bond motifs is 1. The van der Waals surface area contributed by atoms with Crippen LogP contribution in [0.3, 0.4) is 0 Å². The third kappa shape index (κ3) is 1.42. The Morgan fingerprint density at radius 3 is 2.86 bits per heavy atom. The minimum atomic E-state index is -3.25. The molecule has 70 valence electrons. The molecule has 5 heteroatoms. The second kappa shape index (κ2) is 3.13. The van der Waals surface area contributed by atoms with Gasteiger partial charge < -0.3 is 0 Å². The van der Waals surface area contributed by atoms with E-state index in [1.807, 2.05) is 0 Å². The first-order valence-electron chi connectivity index (χ1n) is 3.78. The maximum absolute atomic E-state index is 11.4. The lowest BCUT2D eigenvalue weighted by molar-refractivity contribution is 0.605. The maximum Gasteiger partial charge on any atom is 0.200 e. The van der Waals surface area contributed by atoms with Gasteiger partial charge >= 0.3 is 0 Å². The van der Waals surface area contributed by atoms with Crippen LogP contribution in [0, 0.1) is 0 Å². The van der Waals surface area contributed by atoms with Crippen LogP contribution in [-0.2, 0) is 9.84 Å². The zero-order valence-electron chi connectivity index (χ0n) is 6.97. The number of hydrogen-bond acceptors (Lipinski definition) is 4. The fourth-order valence-corrected chi connectivity index (χ4v) is 2.59. The van der Waals surface area contributed by atoms with Gasteiger partial charge in [-0.1, -0.05) is 6.07 Å². The molecule has 1 aromatic rings. The highest BCUT2D eigenvalue weighted by Crippen LogP contribution is 2.29. The predicted octanol–water partition coefficient (Wildman–Crippen LogP) is 2.18. The van der Waals surface area contributed by atoms with Crippen molar-refractivity contribution in [1.82, 2.24) is 0 Å². The molecule has 0 spiro atoms. The molecule has 0 bridgehead atoms. The summed E-state index contributed by atoms with van der Waals surface area (Å²) in [7, 11) is -3.25. The highest BCUT2D eigenvalue weighted by molar-refractivity contribution is 7.94. The molecule has 1 aromatic carbocycles. The quantitative estimate of drug-likeness (QED) is 0.541. The minimum absolute atomic E-state index is 0.281. The van der Waals surface area contributed by atoms with Gasteiger partial charge in [0.15, 0.2) is 0 Å². The molecule has 1 heterocycles. The van der Waals surface area contributed by atoms with Gasteiger partial charge in [0, 0.05) is 5.41 Å². The second-order valence-corrected chi connectivity index (χ2v) is 4.76. The summed E-state index contributed by atoms with van der Waals surface area (Å²) in [5.41, 5.74) is 1.19. The Kier molecular flexibility index (Phi) is 2.07. The summed E-state index contributed by atoms with van der Waals surface area (Å²) in [6.45, 7) is 0. The average Bonchev–Trinajstić information content (AvgIpc) is 2.44. The molecule has 0 atom stereocenters. The molecule has 14 heavy (non-hydrogen) atoms. The Balaban J connectivity index is 2.69. The van der Waals surface area contributed by atoms with Crippen molar-refractivity contribution in [3.8, 4) is 0 Å². The van der Waals surface area contributed by atoms with E-state index in [9.17, 15) is 8.42 Å². The lowest BCUT2D eigenvalue weighted by atomic mass is 10.2. The molecule has 0 saturated carbocycles. The zero-order valence-corrected chi connectivity index (χ0v) is 8.60. The molecule has 2 rings (SSSR count). The number of benzene rings is 1. The van der Waals surface area contributed by atoms with Crippen molar-refractivity contribution < 1.29 is 8.42 Å². The summed E-state index contributed by atoms with van der Waals surface area (Å²) in [6, 6.07) is 4.88. The van der Waals surface area contributed by atoms with E-state index < -0.39 is 9.84 Å². The van der Waals surface area contributed by atoms with Crippen LogP contribution in [0.1, 0.15) is 5.56 Å². The zero-order chi connectivity index (χ0) is 10.2. The van der Waals surface area contributed by atoms with Gasteiger partial charge in [-0.25, -0.2) is 8.42 Å². The van der Waals surface area contributed by atoms with Gasteiger partial charge in [0.2, 0.25) is 9.84 Å².